The highest BCUT2D eigenvalue weighted by molar-refractivity contribution is 7.80. The Kier molecular flexibility index (Phi) is 5.56. The van der Waals surface area contributed by atoms with Gasteiger partial charge in [0.1, 0.15) is 5.75 Å². The predicted molar refractivity (Wildman–Crippen MR) is 136 cm³/mol. The van der Waals surface area contributed by atoms with Crippen LogP contribution in [0, 0.1) is 13.8 Å². The number of hydrogen-bond acceptors (Lipinski definition) is 3. The molecule has 1 aliphatic rings. The third-order valence-electron chi connectivity index (χ3n) is 6.11. The van der Waals surface area contributed by atoms with E-state index in [0.717, 1.165) is 34.0 Å². The Morgan fingerprint density at radius 1 is 1.00 bits per heavy atom. The fourth-order valence-corrected chi connectivity index (χ4v) is 5.22. The van der Waals surface area contributed by atoms with Crippen molar-refractivity contribution in [2.24, 2.45) is 0 Å². The molecule has 0 aliphatic carbocycles. The lowest BCUT2D eigenvalue weighted by molar-refractivity contribution is 0.475. The molecule has 3 heterocycles. The minimum atomic E-state index is -0.146. The topological polar surface area (TPSA) is 53.3 Å². The Morgan fingerprint density at radius 2 is 1.73 bits per heavy atom. The van der Waals surface area contributed by atoms with E-state index in [9.17, 15) is 5.11 Å². The number of aromatic hydroxyl groups is 1. The molecule has 2 N–H and O–H groups in total. The molecule has 0 bridgehead atoms. The number of para-hydroxylation sites is 1. The molecule has 0 spiro atoms. The molecule has 2 atom stereocenters. The number of phenols is 1. The Morgan fingerprint density at radius 3 is 2.42 bits per heavy atom. The first kappa shape index (κ1) is 21.5. The van der Waals surface area contributed by atoms with Gasteiger partial charge in [-0.3, -0.25) is 4.98 Å². The predicted octanol–water partition coefficient (Wildman–Crippen LogP) is 6.03. The summed E-state index contributed by atoms with van der Waals surface area (Å²) in [5.74, 6) is 0.214. The first-order chi connectivity index (χ1) is 16.0. The standard InChI is InChI=1S/C26H23ClN4OS/c1-16-15-20(17(2)30(16)23-9-4-3-7-21(23)27)25-24(22-8-5-6-14-28-22)29-26(33)31(25)18-10-12-19(32)13-11-18/h3-15,24-25,32H,1-2H3,(H,29,33)/t24-,25-/m0/s1. The Labute approximate surface area is 203 Å². The minimum Gasteiger partial charge on any atom is -0.508 e. The van der Waals surface area contributed by atoms with Crippen molar-refractivity contribution in [3.8, 4) is 11.4 Å². The van der Waals surface area contributed by atoms with Crippen LogP contribution in [-0.4, -0.2) is 19.8 Å². The molecule has 0 unspecified atom stereocenters. The van der Waals surface area contributed by atoms with Crippen LogP contribution in [0.1, 0.15) is 34.7 Å². The van der Waals surface area contributed by atoms with Crippen molar-refractivity contribution in [3.05, 3.63) is 107 Å². The van der Waals surface area contributed by atoms with E-state index in [1.165, 1.54) is 0 Å². The Hall–Kier alpha value is -3.35. The van der Waals surface area contributed by atoms with Crippen molar-refractivity contribution in [1.29, 1.82) is 0 Å². The molecule has 33 heavy (non-hydrogen) atoms. The van der Waals surface area contributed by atoms with E-state index < -0.39 is 0 Å². The van der Waals surface area contributed by atoms with Gasteiger partial charge in [0.05, 0.1) is 28.5 Å². The van der Waals surface area contributed by atoms with E-state index >= 15 is 0 Å². The molecule has 2 aromatic carbocycles. The zero-order valence-corrected chi connectivity index (χ0v) is 19.8. The van der Waals surface area contributed by atoms with Gasteiger partial charge in [-0.15, -0.1) is 0 Å². The van der Waals surface area contributed by atoms with Gasteiger partial charge in [-0.25, -0.2) is 0 Å². The molecule has 5 rings (SSSR count). The van der Waals surface area contributed by atoms with Crippen molar-refractivity contribution in [3.63, 3.8) is 0 Å². The lowest BCUT2D eigenvalue weighted by Crippen LogP contribution is -2.29. The molecule has 0 saturated carbocycles. The number of aryl methyl sites for hydroxylation is 1. The van der Waals surface area contributed by atoms with Crippen molar-refractivity contribution in [1.82, 2.24) is 14.9 Å². The van der Waals surface area contributed by atoms with Crippen LogP contribution in [0.25, 0.3) is 5.69 Å². The van der Waals surface area contributed by atoms with Crippen molar-refractivity contribution < 1.29 is 5.11 Å². The number of nitrogens with zero attached hydrogens (tertiary/aromatic N) is 3. The molecule has 1 aliphatic heterocycles. The van der Waals surface area contributed by atoms with Gasteiger partial charge in [-0.05, 0) is 86.2 Å². The van der Waals surface area contributed by atoms with Crippen molar-refractivity contribution in [2.45, 2.75) is 25.9 Å². The number of aromatic nitrogens is 2. The normalized spacial score (nSPS) is 17.9. The number of halogens is 1. The molecule has 166 valence electrons. The van der Waals surface area contributed by atoms with E-state index in [2.05, 4.69) is 39.7 Å². The first-order valence-electron chi connectivity index (χ1n) is 10.7. The Bertz CT molecular complexity index is 1320. The number of pyridine rings is 1. The van der Waals surface area contributed by atoms with E-state index in [4.69, 9.17) is 23.8 Å². The van der Waals surface area contributed by atoms with Crippen LogP contribution in [0.15, 0.2) is 79.0 Å². The third kappa shape index (κ3) is 3.75. The monoisotopic (exact) mass is 474 g/mol. The highest BCUT2D eigenvalue weighted by Crippen LogP contribution is 2.44. The second-order valence-electron chi connectivity index (χ2n) is 8.13. The number of phenolic OH excluding ortho intramolecular Hbond substituents is 1. The van der Waals surface area contributed by atoms with Crippen LogP contribution in [0.3, 0.4) is 0 Å². The molecular formula is C26H23ClN4OS. The van der Waals surface area contributed by atoms with E-state index in [0.29, 0.717) is 10.1 Å². The van der Waals surface area contributed by atoms with Crippen LogP contribution in [0.5, 0.6) is 5.75 Å². The van der Waals surface area contributed by atoms with Gasteiger partial charge in [-0.1, -0.05) is 29.8 Å². The molecule has 1 saturated heterocycles. The summed E-state index contributed by atoms with van der Waals surface area (Å²) in [6, 6.07) is 22.8. The molecular weight excluding hydrogens is 452 g/mol. The average molecular weight is 475 g/mol. The van der Waals surface area contributed by atoms with Crippen molar-refractivity contribution >= 4 is 34.6 Å². The van der Waals surface area contributed by atoms with Gasteiger partial charge in [0, 0.05) is 23.3 Å². The molecule has 1 fully saturated rings. The van der Waals surface area contributed by atoms with Gasteiger partial charge in [0.2, 0.25) is 0 Å². The highest BCUT2D eigenvalue weighted by Gasteiger charge is 2.42. The summed E-state index contributed by atoms with van der Waals surface area (Å²) < 4.78 is 2.18. The molecule has 5 nitrogen and oxygen atoms in total. The van der Waals surface area contributed by atoms with Crippen LogP contribution in [-0.2, 0) is 0 Å². The van der Waals surface area contributed by atoms with Gasteiger partial charge < -0.3 is 19.9 Å². The summed E-state index contributed by atoms with van der Waals surface area (Å²) in [5, 5.41) is 14.6. The summed E-state index contributed by atoms with van der Waals surface area (Å²) in [5.41, 5.74) is 6.05. The maximum absolute atomic E-state index is 9.82. The summed E-state index contributed by atoms with van der Waals surface area (Å²) in [6.07, 6.45) is 1.80. The van der Waals surface area contributed by atoms with Gasteiger partial charge in [0.15, 0.2) is 5.11 Å². The summed E-state index contributed by atoms with van der Waals surface area (Å²) in [4.78, 5) is 6.73. The highest BCUT2D eigenvalue weighted by atomic mass is 35.5. The molecule has 7 heteroatoms. The maximum atomic E-state index is 9.82. The number of benzene rings is 2. The molecule has 0 radical (unpaired) electrons. The zero-order valence-electron chi connectivity index (χ0n) is 18.2. The number of hydrogen-bond donors (Lipinski definition) is 2. The maximum Gasteiger partial charge on any atom is 0.174 e. The first-order valence-corrected chi connectivity index (χ1v) is 11.5. The van der Waals surface area contributed by atoms with E-state index in [-0.39, 0.29) is 17.8 Å². The largest absolute Gasteiger partial charge is 0.508 e. The van der Waals surface area contributed by atoms with Crippen molar-refractivity contribution in [2.75, 3.05) is 4.90 Å². The third-order valence-corrected chi connectivity index (χ3v) is 6.74. The molecule has 4 aromatic rings. The minimum absolute atomic E-state index is 0.139. The second kappa shape index (κ2) is 8.54. The fraction of sp³-hybridized carbons (Fsp3) is 0.154. The number of nitrogens with one attached hydrogen (secondary N) is 1. The second-order valence-corrected chi connectivity index (χ2v) is 8.92. The quantitative estimate of drug-likeness (QED) is 0.354. The van der Waals surface area contributed by atoms with Crippen LogP contribution in [0.2, 0.25) is 5.02 Å². The van der Waals surface area contributed by atoms with Gasteiger partial charge in [-0.2, -0.15) is 0 Å². The van der Waals surface area contributed by atoms with Gasteiger partial charge >= 0.3 is 0 Å². The van der Waals surface area contributed by atoms with Crippen LogP contribution < -0.4 is 10.2 Å². The fourth-order valence-electron chi connectivity index (χ4n) is 4.65. The number of anilines is 1. The average Bonchev–Trinajstić information content (AvgIpc) is 3.31. The van der Waals surface area contributed by atoms with Crippen LogP contribution >= 0.6 is 23.8 Å². The smallest absolute Gasteiger partial charge is 0.174 e. The molecule has 0 amide bonds. The van der Waals surface area contributed by atoms with E-state index in [1.54, 1.807) is 18.3 Å². The number of thiocarbonyl (C=S) groups is 1. The lowest BCUT2D eigenvalue weighted by atomic mass is 9.96. The van der Waals surface area contributed by atoms with Gasteiger partial charge in [0.25, 0.3) is 0 Å². The SMILES string of the molecule is Cc1cc([C@H]2[C@H](c3ccccn3)NC(=S)N2c2ccc(O)cc2)c(C)n1-c1ccccc1Cl. The van der Waals surface area contributed by atoms with Crippen LogP contribution in [0.4, 0.5) is 5.69 Å². The lowest BCUT2D eigenvalue weighted by Gasteiger charge is -2.28. The van der Waals surface area contributed by atoms with E-state index in [1.807, 2.05) is 54.6 Å². The number of rotatable bonds is 4. The zero-order chi connectivity index (χ0) is 23.1. The molecule has 2 aromatic heterocycles. The Balaban J connectivity index is 1.69. The summed E-state index contributed by atoms with van der Waals surface area (Å²) in [7, 11) is 0. The summed E-state index contributed by atoms with van der Waals surface area (Å²) in [6.45, 7) is 4.19. The summed E-state index contributed by atoms with van der Waals surface area (Å²) >= 11 is 12.4.